The number of alkyl halides is 1. The molecule has 1 heterocycles. The van der Waals surface area contributed by atoms with Gasteiger partial charge in [0, 0.05) is 26.2 Å². The Bertz CT molecular complexity index is 225. The molecule has 0 saturated carbocycles. The van der Waals surface area contributed by atoms with Gasteiger partial charge in [0.05, 0.1) is 11.7 Å². The molecule has 0 aliphatic carbocycles. The van der Waals surface area contributed by atoms with Crippen molar-refractivity contribution < 1.29 is 4.74 Å². The molecule has 0 amide bonds. The van der Waals surface area contributed by atoms with Gasteiger partial charge < -0.3 is 4.74 Å². The third-order valence-electron chi connectivity index (χ3n) is 2.27. The molecular formula is C10H17ClN2O. The normalized spacial score (nSPS) is 25.0. The van der Waals surface area contributed by atoms with E-state index in [-0.39, 0.29) is 5.60 Å². The number of ether oxygens (including phenoxy) is 1. The van der Waals surface area contributed by atoms with Crippen molar-refractivity contribution in [3.05, 3.63) is 0 Å². The van der Waals surface area contributed by atoms with Crippen molar-refractivity contribution in [2.24, 2.45) is 0 Å². The minimum Gasteiger partial charge on any atom is -0.374 e. The number of nitriles is 1. The fourth-order valence-corrected chi connectivity index (χ4v) is 1.92. The highest BCUT2D eigenvalue weighted by molar-refractivity contribution is 6.22. The van der Waals surface area contributed by atoms with E-state index in [1.165, 1.54) is 0 Å². The van der Waals surface area contributed by atoms with E-state index in [1.54, 1.807) is 0 Å². The number of rotatable bonds is 2. The summed E-state index contributed by atoms with van der Waals surface area (Å²) in [5, 5.41) is 8.21. The number of halogens is 1. The van der Waals surface area contributed by atoms with Gasteiger partial charge in [-0.25, -0.2) is 0 Å². The molecule has 0 bridgehead atoms. The lowest BCUT2D eigenvalue weighted by molar-refractivity contribution is -0.0169. The van der Waals surface area contributed by atoms with Crippen LogP contribution in [0.1, 0.15) is 20.3 Å². The van der Waals surface area contributed by atoms with E-state index < -0.39 is 5.38 Å². The summed E-state index contributed by atoms with van der Waals surface area (Å²) in [6, 6.07) is 2.04. The quantitative estimate of drug-likeness (QED) is 0.659. The van der Waals surface area contributed by atoms with E-state index in [2.05, 4.69) is 18.7 Å². The predicted octanol–water partition coefficient (Wildman–Crippen LogP) is 1.62. The molecule has 1 aliphatic rings. The summed E-state index contributed by atoms with van der Waals surface area (Å²) in [6.45, 7) is 7.38. The first kappa shape index (κ1) is 11.8. The van der Waals surface area contributed by atoms with E-state index in [0.717, 1.165) is 26.1 Å². The first-order valence-electron chi connectivity index (χ1n) is 4.93. The molecular weight excluding hydrogens is 200 g/mol. The first-order chi connectivity index (χ1) is 6.53. The Kier molecular flexibility index (Phi) is 4.18. The molecule has 0 radical (unpaired) electrons. The molecule has 0 aromatic heterocycles. The van der Waals surface area contributed by atoms with Crippen LogP contribution in [0.5, 0.6) is 0 Å². The topological polar surface area (TPSA) is 36.3 Å². The van der Waals surface area contributed by atoms with Crippen LogP contribution in [0.3, 0.4) is 0 Å². The fraction of sp³-hybridized carbons (Fsp3) is 0.900. The molecule has 1 rings (SSSR count). The monoisotopic (exact) mass is 216 g/mol. The van der Waals surface area contributed by atoms with Gasteiger partial charge >= 0.3 is 0 Å². The number of hydrogen-bond donors (Lipinski definition) is 0. The third-order valence-corrected chi connectivity index (χ3v) is 2.51. The molecule has 1 aliphatic heterocycles. The number of hydrogen-bond acceptors (Lipinski definition) is 3. The minimum absolute atomic E-state index is 0.122. The maximum Gasteiger partial charge on any atom is 0.133 e. The van der Waals surface area contributed by atoms with Crippen LogP contribution in [0.25, 0.3) is 0 Å². The van der Waals surface area contributed by atoms with Crippen LogP contribution in [-0.2, 0) is 4.74 Å². The van der Waals surface area contributed by atoms with E-state index in [0.29, 0.717) is 6.54 Å². The molecule has 1 saturated heterocycles. The van der Waals surface area contributed by atoms with E-state index in [1.807, 2.05) is 6.07 Å². The summed E-state index contributed by atoms with van der Waals surface area (Å²) in [4.78, 5) is 2.20. The third kappa shape index (κ3) is 3.83. The minimum atomic E-state index is -0.413. The van der Waals surface area contributed by atoms with Crippen LogP contribution in [0.4, 0.5) is 0 Å². The highest BCUT2D eigenvalue weighted by Gasteiger charge is 2.26. The van der Waals surface area contributed by atoms with Crippen molar-refractivity contribution in [3.8, 4) is 6.07 Å². The standard InChI is InChI=1S/C10H17ClN2O/c1-10(2)8-13(4-3-5-14-10)7-9(11)6-12/h9H,3-5,7-8H2,1-2H3. The first-order valence-corrected chi connectivity index (χ1v) is 5.37. The molecule has 4 heteroatoms. The molecule has 0 spiro atoms. The summed E-state index contributed by atoms with van der Waals surface area (Å²) in [5.41, 5.74) is -0.122. The zero-order valence-electron chi connectivity index (χ0n) is 8.79. The molecule has 1 unspecified atom stereocenters. The van der Waals surface area contributed by atoms with E-state index in [9.17, 15) is 0 Å². The summed E-state index contributed by atoms with van der Waals surface area (Å²) >= 11 is 5.80. The lowest BCUT2D eigenvalue weighted by Crippen LogP contribution is -2.40. The van der Waals surface area contributed by atoms with Gasteiger partial charge in [0.2, 0.25) is 0 Å². The highest BCUT2D eigenvalue weighted by atomic mass is 35.5. The molecule has 1 fully saturated rings. The Morgan fingerprint density at radius 1 is 1.64 bits per heavy atom. The maximum absolute atomic E-state index is 8.63. The van der Waals surface area contributed by atoms with E-state index >= 15 is 0 Å². The van der Waals surface area contributed by atoms with Gasteiger partial charge in [-0.1, -0.05) is 0 Å². The van der Waals surface area contributed by atoms with Crippen LogP contribution in [0.2, 0.25) is 0 Å². The lowest BCUT2D eigenvalue weighted by atomic mass is 10.1. The van der Waals surface area contributed by atoms with Crippen LogP contribution in [-0.4, -0.2) is 42.1 Å². The maximum atomic E-state index is 8.63. The molecule has 80 valence electrons. The summed E-state index contributed by atoms with van der Waals surface area (Å²) in [5.74, 6) is 0. The van der Waals surface area contributed by atoms with Crippen molar-refractivity contribution in [2.45, 2.75) is 31.2 Å². The second-order valence-electron chi connectivity index (χ2n) is 4.29. The summed E-state index contributed by atoms with van der Waals surface area (Å²) < 4.78 is 5.67. The highest BCUT2D eigenvalue weighted by Crippen LogP contribution is 2.16. The van der Waals surface area contributed by atoms with Crippen molar-refractivity contribution in [3.63, 3.8) is 0 Å². The van der Waals surface area contributed by atoms with Gasteiger partial charge in [0.15, 0.2) is 0 Å². The predicted molar refractivity (Wildman–Crippen MR) is 56.3 cm³/mol. The zero-order valence-corrected chi connectivity index (χ0v) is 9.55. The molecule has 14 heavy (non-hydrogen) atoms. The Morgan fingerprint density at radius 3 is 3.00 bits per heavy atom. The Hall–Kier alpha value is -0.300. The molecule has 1 atom stereocenters. The van der Waals surface area contributed by atoms with Crippen molar-refractivity contribution in [1.82, 2.24) is 4.90 Å². The van der Waals surface area contributed by atoms with Gasteiger partial charge in [-0.2, -0.15) is 5.26 Å². The van der Waals surface area contributed by atoms with Gasteiger partial charge in [-0.05, 0) is 20.3 Å². The second kappa shape index (κ2) is 4.97. The molecule has 0 aromatic carbocycles. The second-order valence-corrected chi connectivity index (χ2v) is 4.82. The van der Waals surface area contributed by atoms with Crippen LogP contribution >= 0.6 is 11.6 Å². The Labute approximate surface area is 90.6 Å². The van der Waals surface area contributed by atoms with Crippen LogP contribution < -0.4 is 0 Å². The average Bonchev–Trinajstić information content (AvgIpc) is 2.26. The largest absolute Gasteiger partial charge is 0.374 e. The molecule has 0 N–H and O–H groups in total. The van der Waals surface area contributed by atoms with Crippen molar-refractivity contribution in [1.29, 1.82) is 5.26 Å². The molecule has 3 nitrogen and oxygen atoms in total. The van der Waals surface area contributed by atoms with Crippen LogP contribution in [0, 0.1) is 11.3 Å². The summed E-state index contributed by atoms with van der Waals surface area (Å²) in [7, 11) is 0. The average molecular weight is 217 g/mol. The summed E-state index contributed by atoms with van der Waals surface area (Å²) in [6.07, 6.45) is 1.01. The zero-order chi connectivity index (χ0) is 10.6. The van der Waals surface area contributed by atoms with E-state index in [4.69, 9.17) is 21.6 Å². The number of nitrogens with zero attached hydrogens (tertiary/aromatic N) is 2. The van der Waals surface area contributed by atoms with Crippen LogP contribution in [0.15, 0.2) is 0 Å². The Morgan fingerprint density at radius 2 is 2.36 bits per heavy atom. The SMILES string of the molecule is CC1(C)CN(CC(Cl)C#N)CCCO1. The lowest BCUT2D eigenvalue weighted by Gasteiger charge is -2.29. The van der Waals surface area contributed by atoms with Gasteiger partial charge in [0.1, 0.15) is 5.38 Å². The fourth-order valence-electron chi connectivity index (χ4n) is 1.72. The van der Waals surface area contributed by atoms with Gasteiger partial charge in [-0.15, -0.1) is 11.6 Å². The van der Waals surface area contributed by atoms with Gasteiger partial charge in [0.25, 0.3) is 0 Å². The Balaban J connectivity index is 2.48. The molecule has 0 aromatic rings. The van der Waals surface area contributed by atoms with Crippen molar-refractivity contribution >= 4 is 11.6 Å². The van der Waals surface area contributed by atoms with Gasteiger partial charge in [-0.3, -0.25) is 4.90 Å². The van der Waals surface area contributed by atoms with Crippen molar-refractivity contribution in [2.75, 3.05) is 26.2 Å². The smallest absolute Gasteiger partial charge is 0.133 e.